The molecule has 0 radical (unpaired) electrons. The molecule has 188 valence electrons. The van der Waals surface area contributed by atoms with Gasteiger partial charge in [0.2, 0.25) is 5.91 Å². The van der Waals surface area contributed by atoms with E-state index in [0.717, 1.165) is 29.3 Å². The van der Waals surface area contributed by atoms with Gasteiger partial charge in [-0.25, -0.2) is 4.79 Å². The number of carbonyl (C=O) groups excluding carboxylic acids is 3. The lowest BCUT2D eigenvalue weighted by atomic mass is 10.0. The van der Waals surface area contributed by atoms with Gasteiger partial charge < -0.3 is 25.5 Å². The first-order chi connectivity index (χ1) is 16.2. The quantitative estimate of drug-likeness (QED) is 0.361. The molecule has 0 bridgehead atoms. The molecule has 1 amide bonds. The normalized spacial score (nSPS) is 13.1. The molecule has 8 nitrogen and oxygen atoms in total. The van der Waals surface area contributed by atoms with Gasteiger partial charge in [-0.05, 0) is 42.7 Å². The van der Waals surface area contributed by atoms with Crippen molar-refractivity contribution in [3.63, 3.8) is 0 Å². The number of aromatic amines is 1. The van der Waals surface area contributed by atoms with Crippen molar-refractivity contribution in [3.8, 4) is 0 Å². The average Bonchev–Trinajstić information content (AvgIpc) is 3.19. The Hall–Kier alpha value is -2.87. The summed E-state index contributed by atoms with van der Waals surface area (Å²) in [6, 6.07) is 6.05. The predicted molar refractivity (Wildman–Crippen MR) is 132 cm³/mol. The number of nitrogens with two attached hydrogens (primary N) is 1. The maximum absolute atomic E-state index is 12.8. The van der Waals surface area contributed by atoms with Crippen LogP contribution < -0.4 is 11.1 Å². The number of para-hydroxylation sites is 1. The Morgan fingerprint density at radius 3 is 2.21 bits per heavy atom. The SMILES string of the molecule is CC(C)CCOC(=O)[C@H](Cc1c[nH]c2ccccc12)NC(=O)CC[C@H](N)C(=O)OCCC(C)C. The van der Waals surface area contributed by atoms with E-state index in [-0.39, 0.29) is 18.7 Å². The maximum atomic E-state index is 12.8. The molecule has 8 heteroatoms. The minimum Gasteiger partial charge on any atom is -0.465 e. The van der Waals surface area contributed by atoms with Gasteiger partial charge in [0.1, 0.15) is 12.1 Å². The van der Waals surface area contributed by atoms with Crippen molar-refractivity contribution in [1.29, 1.82) is 0 Å². The second kappa shape index (κ2) is 13.7. The summed E-state index contributed by atoms with van der Waals surface area (Å²) in [5.41, 5.74) is 7.75. The molecule has 0 aliphatic heterocycles. The van der Waals surface area contributed by atoms with E-state index in [4.69, 9.17) is 15.2 Å². The Morgan fingerprint density at radius 1 is 0.941 bits per heavy atom. The van der Waals surface area contributed by atoms with Crippen LogP contribution in [0.1, 0.15) is 58.9 Å². The fraction of sp³-hybridized carbons (Fsp3) is 0.577. The summed E-state index contributed by atoms with van der Waals surface area (Å²) in [5.74, 6) is -0.537. The Morgan fingerprint density at radius 2 is 1.56 bits per heavy atom. The summed E-state index contributed by atoms with van der Waals surface area (Å²) in [6.45, 7) is 8.79. The number of aromatic nitrogens is 1. The van der Waals surface area contributed by atoms with Gasteiger partial charge in [-0.15, -0.1) is 0 Å². The van der Waals surface area contributed by atoms with E-state index in [0.29, 0.717) is 31.5 Å². The van der Waals surface area contributed by atoms with Gasteiger partial charge in [0, 0.05) is 29.9 Å². The van der Waals surface area contributed by atoms with Gasteiger partial charge in [-0.3, -0.25) is 9.59 Å². The molecular weight excluding hydrogens is 434 g/mol. The monoisotopic (exact) mass is 473 g/mol. The first-order valence-electron chi connectivity index (χ1n) is 12.1. The smallest absolute Gasteiger partial charge is 0.328 e. The number of rotatable bonds is 14. The third kappa shape index (κ3) is 9.17. The Kier molecular flexibility index (Phi) is 11.1. The van der Waals surface area contributed by atoms with Crippen molar-refractivity contribution < 1.29 is 23.9 Å². The van der Waals surface area contributed by atoms with E-state index in [9.17, 15) is 14.4 Å². The molecule has 0 saturated heterocycles. The lowest BCUT2D eigenvalue weighted by Crippen LogP contribution is -2.44. The van der Waals surface area contributed by atoms with Crippen LogP contribution in [0.4, 0.5) is 0 Å². The van der Waals surface area contributed by atoms with E-state index in [1.807, 2.05) is 44.3 Å². The number of H-pyrrole nitrogens is 1. The number of fused-ring (bicyclic) bond motifs is 1. The molecule has 0 unspecified atom stereocenters. The molecule has 0 fully saturated rings. The topological polar surface area (TPSA) is 124 Å². The summed E-state index contributed by atoms with van der Waals surface area (Å²) in [5, 5.41) is 3.76. The molecule has 0 aliphatic carbocycles. The van der Waals surface area contributed by atoms with Crippen molar-refractivity contribution in [3.05, 3.63) is 36.0 Å². The van der Waals surface area contributed by atoms with Crippen molar-refractivity contribution in [2.75, 3.05) is 13.2 Å². The zero-order chi connectivity index (χ0) is 25.1. The third-order valence-electron chi connectivity index (χ3n) is 5.58. The number of carbonyl (C=O) groups is 3. The molecule has 0 saturated carbocycles. The molecule has 2 rings (SSSR count). The highest BCUT2D eigenvalue weighted by Gasteiger charge is 2.25. The number of ether oxygens (including phenoxy) is 2. The number of nitrogens with one attached hydrogen (secondary N) is 2. The zero-order valence-corrected chi connectivity index (χ0v) is 20.8. The Bertz CT molecular complexity index is 937. The van der Waals surface area contributed by atoms with Gasteiger partial charge in [-0.1, -0.05) is 45.9 Å². The number of esters is 2. The van der Waals surface area contributed by atoms with Crippen LogP contribution in [0.25, 0.3) is 10.9 Å². The second-order valence-electron chi connectivity index (χ2n) is 9.53. The zero-order valence-electron chi connectivity index (χ0n) is 20.8. The number of benzene rings is 1. The minimum absolute atomic E-state index is 0.00407. The van der Waals surface area contributed by atoms with Crippen molar-refractivity contribution in [2.24, 2.45) is 17.6 Å². The molecule has 34 heavy (non-hydrogen) atoms. The highest BCUT2D eigenvalue weighted by molar-refractivity contribution is 5.87. The lowest BCUT2D eigenvalue weighted by molar-refractivity contribution is -0.148. The van der Waals surface area contributed by atoms with Crippen LogP contribution in [0.3, 0.4) is 0 Å². The van der Waals surface area contributed by atoms with Crippen molar-refractivity contribution in [2.45, 2.75) is 71.9 Å². The van der Waals surface area contributed by atoms with Crippen LogP contribution >= 0.6 is 0 Å². The van der Waals surface area contributed by atoms with Gasteiger partial charge in [-0.2, -0.15) is 0 Å². The van der Waals surface area contributed by atoms with E-state index >= 15 is 0 Å². The van der Waals surface area contributed by atoms with E-state index in [1.165, 1.54) is 0 Å². The summed E-state index contributed by atoms with van der Waals surface area (Å²) in [4.78, 5) is 40.6. The molecule has 2 atom stereocenters. The van der Waals surface area contributed by atoms with Crippen molar-refractivity contribution in [1.82, 2.24) is 10.3 Å². The van der Waals surface area contributed by atoms with Gasteiger partial charge in [0.15, 0.2) is 0 Å². The Balaban J connectivity index is 1.96. The van der Waals surface area contributed by atoms with Crippen LogP contribution in [-0.2, 0) is 30.3 Å². The van der Waals surface area contributed by atoms with Gasteiger partial charge in [0.05, 0.1) is 13.2 Å². The largest absolute Gasteiger partial charge is 0.465 e. The maximum Gasteiger partial charge on any atom is 0.328 e. The molecule has 2 aromatic rings. The van der Waals surface area contributed by atoms with E-state index in [2.05, 4.69) is 24.1 Å². The standard InChI is InChI=1S/C26H39N3O5/c1-17(2)11-13-33-25(31)21(27)9-10-24(30)29-23(26(32)34-14-12-18(3)4)15-19-16-28-22-8-6-5-7-20(19)22/h5-8,16-18,21,23,28H,9-15,27H2,1-4H3,(H,29,30)/t21-,23-/m0/s1. The molecule has 1 aromatic heterocycles. The fourth-order valence-corrected chi connectivity index (χ4v) is 3.38. The van der Waals surface area contributed by atoms with Crippen LogP contribution in [0.15, 0.2) is 30.5 Å². The van der Waals surface area contributed by atoms with Crippen LogP contribution in [0, 0.1) is 11.8 Å². The number of hydrogen-bond acceptors (Lipinski definition) is 6. The highest BCUT2D eigenvalue weighted by atomic mass is 16.5. The molecule has 1 aromatic carbocycles. The molecule has 4 N–H and O–H groups in total. The Labute approximate surface area is 201 Å². The average molecular weight is 474 g/mol. The van der Waals surface area contributed by atoms with Crippen LogP contribution in [-0.4, -0.2) is 48.1 Å². The molecule has 0 spiro atoms. The molecule has 0 aliphatic rings. The second-order valence-corrected chi connectivity index (χ2v) is 9.53. The number of amides is 1. The number of hydrogen-bond donors (Lipinski definition) is 3. The lowest BCUT2D eigenvalue weighted by Gasteiger charge is -2.19. The molecular formula is C26H39N3O5. The molecule has 1 heterocycles. The van der Waals surface area contributed by atoms with Gasteiger partial charge in [0.25, 0.3) is 0 Å². The fourth-order valence-electron chi connectivity index (χ4n) is 3.38. The summed E-state index contributed by atoms with van der Waals surface area (Å²) >= 11 is 0. The summed E-state index contributed by atoms with van der Waals surface area (Å²) < 4.78 is 10.6. The summed E-state index contributed by atoms with van der Waals surface area (Å²) in [6.07, 6.45) is 3.77. The summed E-state index contributed by atoms with van der Waals surface area (Å²) in [7, 11) is 0. The first kappa shape index (κ1) is 27.4. The van der Waals surface area contributed by atoms with E-state index in [1.54, 1.807) is 0 Å². The predicted octanol–water partition coefficient (Wildman–Crippen LogP) is 3.48. The highest BCUT2D eigenvalue weighted by Crippen LogP contribution is 2.19. The minimum atomic E-state index is -0.886. The van der Waals surface area contributed by atoms with E-state index < -0.39 is 24.0 Å². The third-order valence-corrected chi connectivity index (χ3v) is 5.58. The van der Waals surface area contributed by atoms with Crippen molar-refractivity contribution >= 4 is 28.7 Å². The first-order valence-corrected chi connectivity index (χ1v) is 12.1. The van der Waals surface area contributed by atoms with Gasteiger partial charge >= 0.3 is 11.9 Å². The van der Waals surface area contributed by atoms with Crippen LogP contribution in [0.2, 0.25) is 0 Å². The van der Waals surface area contributed by atoms with Crippen LogP contribution in [0.5, 0.6) is 0 Å².